The smallest absolute Gasteiger partial charge is 0.257 e. The van der Waals surface area contributed by atoms with Gasteiger partial charge in [-0.15, -0.1) is 23.1 Å². The molecular formula is C22H22N2O2S2. The summed E-state index contributed by atoms with van der Waals surface area (Å²) < 4.78 is 0.870. The van der Waals surface area contributed by atoms with Crippen LogP contribution in [0.5, 0.6) is 0 Å². The highest BCUT2D eigenvalue weighted by Gasteiger charge is 2.42. The summed E-state index contributed by atoms with van der Waals surface area (Å²) in [6.07, 6.45) is 5.41. The van der Waals surface area contributed by atoms with Crippen molar-refractivity contribution in [2.75, 3.05) is 18.8 Å². The average molecular weight is 411 g/mol. The first-order valence-corrected chi connectivity index (χ1v) is 10.9. The third-order valence-electron chi connectivity index (χ3n) is 5.56. The second-order valence-electron chi connectivity index (χ2n) is 7.20. The zero-order valence-corrected chi connectivity index (χ0v) is 17.2. The summed E-state index contributed by atoms with van der Waals surface area (Å²) in [6, 6.07) is 7.83. The van der Waals surface area contributed by atoms with Gasteiger partial charge in [-0.25, -0.2) is 0 Å². The third-order valence-corrected chi connectivity index (χ3v) is 8.16. The van der Waals surface area contributed by atoms with E-state index in [1.54, 1.807) is 23.9 Å². The number of carbonyl (C=O) groups excluding carboxylic acids is 2. The molecule has 1 fully saturated rings. The van der Waals surface area contributed by atoms with Crippen molar-refractivity contribution in [3.8, 4) is 0 Å². The lowest BCUT2D eigenvalue weighted by Gasteiger charge is -2.43. The SMILES string of the molecule is C=CC1=C(C=C)C(=O)CC2(CCN(C(=O)c3c(N)sc4ccccc34)CC2)S1. The molecule has 2 aliphatic rings. The largest absolute Gasteiger partial charge is 0.390 e. The van der Waals surface area contributed by atoms with Crippen molar-refractivity contribution in [3.05, 3.63) is 65.6 Å². The van der Waals surface area contributed by atoms with Crippen LogP contribution in [-0.2, 0) is 4.79 Å². The first-order valence-electron chi connectivity index (χ1n) is 9.25. The van der Waals surface area contributed by atoms with E-state index >= 15 is 0 Å². The van der Waals surface area contributed by atoms with Crippen molar-refractivity contribution in [3.63, 3.8) is 0 Å². The molecule has 144 valence electrons. The van der Waals surface area contributed by atoms with Crippen LogP contribution in [-0.4, -0.2) is 34.4 Å². The Kier molecular flexibility index (Phi) is 4.93. The molecule has 3 heterocycles. The number of nitrogen functional groups attached to an aromatic ring is 1. The molecule has 1 aromatic heterocycles. The number of rotatable bonds is 3. The molecule has 0 bridgehead atoms. The second-order valence-corrected chi connectivity index (χ2v) is 9.79. The number of ketones is 1. The van der Waals surface area contributed by atoms with Gasteiger partial charge < -0.3 is 10.6 Å². The summed E-state index contributed by atoms with van der Waals surface area (Å²) in [7, 11) is 0. The number of Topliss-reactive ketones (excluding diaryl/α,β-unsaturated/α-hetero) is 1. The summed E-state index contributed by atoms with van der Waals surface area (Å²) in [5.74, 6) is 0.111. The van der Waals surface area contributed by atoms with Gasteiger partial charge in [-0.1, -0.05) is 43.5 Å². The van der Waals surface area contributed by atoms with Crippen molar-refractivity contribution in [1.29, 1.82) is 0 Å². The Morgan fingerprint density at radius 3 is 2.57 bits per heavy atom. The minimum atomic E-state index is -0.161. The molecule has 1 spiro atoms. The predicted octanol–water partition coefficient (Wildman–Crippen LogP) is 4.79. The van der Waals surface area contributed by atoms with E-state index < -0.39 is 0 Å². The quantitative estimate of drug-likeness (QED) is 0.790. The molecule has 0 atom stereocenters. The minimum Gasteiger partial charge on any atom is -0.390 e. The first-order chi connectivity index (χ1) is 13.5. The number of anilines is 1. The van der Waals surface area contributed by atoms with Crippen LogP contribution >= 0.6 is 23.1 Å². The summed E-state index contributed by atoms with van der Waals surface area (Å²) in [5.41, 5.74) is 7.46. The van der Waals surface area contributed by atoms with Crippen LogP contribution in [0.4, 0.5) is 5.00 Å². The molecule has 2 aromatic rings. The molecule has 6 heteroatoms. The highest BCUT2D eigenvalue weighted by Crippen LogP contribution is 2.49. The van der Waals surface area contributed by atoms with Crippen molar-refractivity contribution in [2.45, 2.75) is 24.0 Å². The number of allylic oxidation sites excluding steroid dienone is 3. The normalized spacial score (nSPS) is 19.3. The highest BCUT2D eigenvalue weighted by molar-refractivity contribution is 8.04. The highest BCUT2D eigenvalue weighted by atomic mass is 32.2. The number of amides is 1. The predicted molar refractivity (Wildman–Crippen MR) is 119 cm³/mol. The van der Waals surface area contributed by atoms with Crippen LogP contribution in [0.15, 0.2) is 60.1 Å². The van der Waals surface area contributed by atoms with Crippen LogP contribution in [0.3, 0.4) is 0 Å². The molecule has 28 heavy (non-hydrogen) atoms. The fourth-order valence-electron chi connectivity index (χ4n) is 4.05. The number of carbonyl (C=O) groups is 2. The van der Waals surface area contributed by atoms with Crippen molar-refractivity contribution >= 4 is 49.9 Å². The van der Waals surface area contributed by atoms with Crippen molar-refractivity contribution < 1.29 is 9.59 Å². The van der Waals surface area contributed by atoms with E-state index in [1.807, 2.05) is 29.2 Å². The average Bonchev–Trinajstić information content (AvgIpc) is 3.03. The molecule has 1 amide bonds. The standard InChI is InChI=1S/C22H22N2O2S2/c1-3-14-16(25)13-22(28-17(14)4-2)9-11-24(12-10-22)21(26)19-15-7-5-6-8-18(15)27-20(19)23/h3-8H,1-2,9-13,23H2. The maximum Gasteiger partial charge on any atom is 0.257 e. The summed E-state index contributed by atoms with van der Waals surface area (Å²) in [4.78, 5) is 28.5. The summed E-state index contributed by atoms with van der Waals surface area (Å²) >= 11 is 3.17. The molecule has 4 nitrogen and oxygen atoms in total. The van der Waals surface area contributed by atoms with Gasteiger partial charge in [0, 0.05) is 44.8 Å². The molecule has 0 radical (unpaired) electrons. The van der Waals surface area contributed by atoms with E-state index in [1.165, 1.54) is 11.3 Å². The maximum absolute atomic E-state index is 13.2. The van der Waals surface area contributed by atoms with Crippen LogP contribution in [0.1, 0.15) is 29.6 Å². The Balaban J connectivity index is 1.55. The summed E-state index contributed by atoms with van der Waals surface area (Å²) in [6.45, 7) is 8.86. The number of benzene rings is 1. The third kappa shape index (κ3) is 3.10. The monoisotopic (exact) mass is 410 g/mol. The van der Waals surface area contributed by atoms with Gasteiger partial charge in [0.25, 0.3) is 5.91 Å². The van der Waals surface area contributed by atoms with Crippen LogP contribution in [0.2, 0.25) is 0 Å². The van der Waals surface area contributed by atoms with Gasteiger partial charge in [0.1, 0.15) is 0 Å². The van der Waals surface area contributed by atoms with Gasteiger partial charge in [-0.05, 0) is 18.9 Å². The molecule has 2 aliphatic heterocycles. The number of thioether (sulfide) groups is 1. The Morgan fingerprint density at radius 2 is 1.89 bits per heavy atom. The fraction of sp³-hybridized carbons (Fsp3) is 0.273. The molecule has 0 saturated carbocycles. The van der Waals surface area contributed by atoms with E-state index in [2.05, 4.69) is 13.2 Å². The molecule has 0 aliphatic carbocycles. The van der Waals surface area contributed by atoms with Gasteiger partial charge in [0.15, 0.2) is 5.78 Å². The van der Waals surface area contributed by atoms with E-state index in [0.717, 1.165) is 27.8 Å². The first kappa shape index (κ1) is 19.0. The van der Waals surface area contributed by atoms with Crippen LogP contribution in [0, 0.1) is 0 Å². The molecule has 4 rings (SSSR count). The van der Waals surface area contributed by atoms with E-state index in [4.69, 9.17) is 5.73 Å². The van der Waals surface area contributed by atoms with Crippen molar-refractivity contribution in [1.82, 2.24) is 4.90 Å². The molecule has 1 saturated heterocycles. The van der Waals surface area contributed by atoms with Crippen LogP contribution in [0.25, 0.3) is 10.1 Å². The maximum atomic E-state index is 13.2. The van der Waals surface area contributed by atoms with Gasteiger partial charge in [0.2, 0.25) is 0 Å². The number of hydrogen-bond acceptors (Lipinski definition) is 5. The Labute approximate surface area is 172 Å². The lowest BCUT2D eigenvalue weighted by atomic mass is 9.87. The van der Waals surface area contributed by atoms with Gasteiger partial charge in [-0.3, -0.25) is 9.59 Å². The van der Waals surface area contributed by atoms with E-state index in [-0.39, 0.29) is 16.4 Å². The number of likely N-dealkylation sites (tertiary alicyclic amines) is 1. The molecule has 0 unspecified atom stereocenters. The molecule has 2 N–H and O–H groups in total. The number of piperidine rings is 1. The number of fused-ring (bicyclic) bond motifs is 1. The number of hydrogen-bond donors (Lipinski definition) is 1. The molecular weight excluding hydrogens is 388 g/mol. The minimum absolute atomic E-state index is 0.0109. The lowest BCUT2D eigenvalue weighted by Crippen LogP contribution is -2.47. The van der Waals surface area contributed by atoms with Gasteiger partial charge in [0.05, 0.1) is 10.6 Å². The van der Waals surface area contributed by atoms with E-state index in [0.29, 0.717) is 35.6 Å². The molecule has 1 aromatic carbocycles. The number of thiophene rings is 1. The number of nitrogens with zero attached hydrogens (tertiary/aromatic N) is 1. The Bertz CT molecular complexity index is 1030. The van der Waals surface area contributed by atoms with E-state index in [9.17, 15) is 9.59 Å². The summed E-state index contributed by atoms with van der Waals surface area (Å²) in [5, 5.41) is 1.49. The topological polar surface area (TPSA) is 63.4 Å². The zero-order chi connectivity index (χ0) is 19.9. The Morgan fingerprint density at radius 1 is 1.18 bits per heavy atom. The van der Waals surface area contributed by atoms with Crippen LogP contribution < -0.4 is 5.73 Å². The Hall–Kier alpha value is -2.31. The fourth-order valence-corrected chi connectivity index (χ4v) is 6.46. The lowest BCUT2D eigenvalue weighted by molar-refractivity contribution is -0.116. The van der Waals surface area contributed by atoms with Gasteiger partial charge in [-0.2, -0.15) is 0 Å². The second kappa shape index (κ2) is 7.26. The number of nitrogens with two attached hydrogens (primary N) is 1. The van der Waals surface area contributed by atoms with Gasteiger partial charge >= 0.3 is 0 Å². The van der Waals surface area contributed by atoms with Crippen molar-refractivity contribution in [2.24, 2.45) is 0 Å². The zero-order valence-electron chi connectivity index (χ0n) is 15.6.